The van der Waals surface area contributed by atoms with Gasteiger partial charge in [-0.15, -0.1) is 0 Å². The van der Waals surface area contributed by atoms with Crippen LogP contribution < -0.4 is 15.1 Å². The van der Waals surface area contributed by atoms with Crippen LogP contribution in [0.25, 0.3) is 11.3 Å². The summed E-state index contributed by atoms with van der Waals surface area (Å²) in [4.78, 5) is 34.1. The van der Waals surface area contributed by atoms with Crippen LogP contribution in [0.4, 0.5) is 15.3 Å². The molecule has 207 valence electrons. The van der Waals surface area contributed by atoms with E-state index in [2.05, 4.69) is 54.5 Å². The van der Waals surface area contributed by atoms with E-state index in [4.69, 9.17) is 13.9 Å². The van der Waals surface area contributed by atoms with Gasteiger partial charge in [0, 0.05) is 17.3 Å². The van der Waals surface area contributed by atoms with Gasteiger partial charge in [0.1, 0.15) is 17.0 Å². The van der Waals surface area contributed by atoms with Crippen molar-refractivity contribution in [3.8, 4) is 17.0 Å². The molecule has 38 heavy (non-hydrogen) atoms. The number of hydrogen-bond acceptors (Lipinski definition) is 7. The number of pyridine rings is 1. The molecule has 0 spiro atoms. The molecular formula is C28H41N4O5Si. The maximum Gasteiger partial charge on any atom is 0.414 e. The highest BCUT2D eigenvalue weighted by Gasteiger charge is 2.26. The van der Waals surface area contributed by atoms with E-state index in [1.807, 2.05) is 24.3 Å². The van der Waals surface area contributed by atoms with Gasteiger partial charge in [-0.05, 0) is 78.3 Å². The molecule has 0 aliphatic rings. The van der Waals surface area contributed by atoms with Gasteiger partial charge in [-0.25, -0.2) is 14.6 Å². The van der Waals surface area contributed by atoms with Crippen molar-refractivity contribution in [2.45, 2.75) is 92.0 Å². The first kappa shape index (κ1) is 30.8. The fourth-order valence-electron chi connectivity index (χ4n) is 3.43. The molecule has 0 aliphatic heterocycles. The van der Waals surface area contributed by atoms with Crippen LogP contribution in [0.5, 0.6) is 5.75 Å². The fourth-order valence-corrected chi connectivity index (χ4v) is 4.04. The summed E-state index contributed by atoms with van der Waals surface area (Å²) in [7, 11) is -0.993. The van der Waals surface area contributed by atoms with Crippen LogP contribution in [0.15, 0.2) is 41.5 Å². The van der Waals surface area contributed by atoms with E-state index in [9.17, 15) is 9.59 Å². The molecule has 1 aromatic heterocycles. The largest absolute Gasteiger partial charge is 0.542 e. The highest BCUT2D eigenvalue weighted by atomic mass is 28.3. The molecule has 0 fully saturated rings. The zero-order valence-corrected chi connectivity index (χ0v) is 25.4. The Labute approximate surface area is 228 Å². The normalized spacial score (nSPS) is 12.0. The molecule has 1 heterocycles. The molecule has 2 rings (SSSR count). The van der Waals surface area contributed by atoms with E-state index in [1.165, 1.54) is 0 Å². The molecule has 1 aromatic carbocycles. The SMILES string of the molecule is C[Si](C)Oc1ccnc(-c2cccc(N=C(NC(=O)OC(C)(C)C)NC(=O)OC(C)(C)C)c2)c1C(C)(C)C. The Morgan fingerprint density at radius 2 is 1.42 bits per heavy atom. The number of nitrogens with one attached hydrogen (secondary N) is 2. The van der Waals surface area contributed by atoms with Gasteiger partial charge in [-0.1, -0.05) is 32.9 Å². The number of aliphatic imine (C=N–C) groups is 1. The predicted octanol–water partition coefficient (Wildman–Crippen LogP) is 6.71. The van der Waals surface area contributed by atoms with E-state index >= 15 is 0 Å². The number of amides is 2. The van der Waals surface area contributed by atoms with E-state index in [-0.39, 0.29) is 11.4 Å². The van der Waals surface area contributed by atoms with Gasteiger partial charge in [-0.3, -0.25) is 15.6 Å². The minimum absolute atomic E-state index is 0.129. The first-order valence-corrected chi connectivity index (χ1v) is 14.9. The van der Waals surface area contributed by atoms with Crippen molar-refractivity contribution in [2.75, 3.05) is 0 Å². The Morgan fingerprint density at radius 1 is 0.868 bits per heavy atom. The zero-order chi connectivity index (χ0) is 28.9. The van der Waals surface area contributed by atoms with E-state index in [0.717, 1.165) is 22.6 Å². The van der Waals surface area contributed by atoms with Crippen LogP contribution >= 0.6 is 0 Å². The number of carbonyl (C=O) groups is 2. The molecule has 1 radical (unpaired) electrons. The number of benzene rings is 1. The molecule has 2 N–H and O–H groups in total. The van der Waals surface area contributed by atoms with Crippen LogP contribution in [-0.4, -0.2) is 43.4 Å². The molecular weight excluding hydrogens is 500 g/mol. The van der Waals surface area contributed by atoms with E-state index < -0.39 is 32.4 Å². The average molecular weight is 542 g/mol. The van der Waals surface area contributed by atoms with Crippen LogP contribution in [0, 0.1) is 0 Å². The molecule has 0 atom stereocenters. The maximum atomic E-state index is 12.5. The summed E-state index contributed by atoms with van der Waals surface area (Å²) in [6.45, 7) is 21.0. The van der Waals surface area contributed by atoms with Crippen molar-refractivity contribution < 1.29 is 23.5 Å². The summed E-state index contributed by atoms with van der Waals surface area (Å²) in [5.74, 6) is 0.685. The molecule has 0 unspecified atom stereocenters. The van der Waals surface area contributed by atoms with Gasteiger partial charge in [-0.2, -0.15) is 0 Å². The number of rotatable bonds is 4. The van der Waals surface area contributed by atoms with Crippen molar-refractivity contribution in [3.05, 3.63) is 42.1 Å². The van der Waals surface area contributed by atoms with Crippen LogP contribution in [-0.2, 0) is 14.9 Å². The second-order valence-electron chi connectivity index (χ2n) is 12.1. The van der Waals surface area contributed by atoms with Crippen molar-refractivity contribution >= 4 is 32.9 Å². The standard InChI is InChI=1S/C28H41N4O5Si/c1-26(2,3)21-20(37-38(10)11)15-16-29-22(21)18-13-12-14-19(17-18)30-23(31-24(33)35-27(4,5)6)32-25(34)36-28(7,8)9/h12-17H,1-11H3,(H2,30,31,32,33,34). The van der Waals surface area contributed by atoms with Gasteiger partial charge in [0.2, 0.25) is 5.96 Å². The second-order valence-corrected chi connectivity index (χ2v) is 14.1. The van der Waals surface area contributed by atoms with Crippen molar-refractivity contribution in [1.82, 2.24) is 15.6 Å². The fraction of sp³-hybridized carbons (Fsp3) is 0.500. The third-order valence-corrected chi connectivity index (χ3v) is 5.20. The van der Waals surface area contributed by atoms with E-state index in [1.54, 1.807) is 53.8 Å². The molecule has 0 saturated carbocycles. The number of guanidine groups is 1. The highest BCUT2D eigenvalue weighted by Crippen LogP contribution is 2.39. The highest BCUT2D eigenvalue weighted by molar-refractivity contribution is 6.49. The molecule has 10 heteroatoms. The molecule has 9 nitrogen and oxygen atoms in total. The lowest BCUT2D eigenvalue weighted by atomic mass is 9.83. The zero-order valence-electron chi connectivity index (χ0n) is 24.4. The topological polar surface area (TPSA) is 111 Å². The van der Waals surface area contributed by atoms with E-state index in [0.29, 0.717) is 5.69 Å². The Kier molecular flexibility index (Phi) is 9.71. The van der Waals surface area contributed by atoms with Gasteiger partial charge < -0.3 is 13.9 Å². The number of alkyl carbamates (subject to hydrolysis) is 2. The number of aromatic nitrogens is 1. The average Bonchev–Trinajstić information content (AvgIpc) is 2.69. The lowest BCUT2D eigenvalue weighted by molar-refractivity contribution is 0.0545. The molecule has 0 aliphatic carbocycles. The lowest BCUT2D eigenvalue weighted by Gasteiger charge is -2.26. The third-order valence-electron chi connectivity index (χ3n) is 4.58. The van der Waals surface area contributed by atoms with Crippen molar-refractivity contribution in [1.29, 1.82) is 0 Å². The molecule has 0 bridgehead atoms. The Balaban J connectivity index is 2.53. The Bertz CT molecular complexity index is 1140. The second kappa shape index (κ2) is 12.0. The predicted molar refractivity (Wildman–Crippen MR) is 152 cm³/mol. The van der Waals surface area contributed by atoms with Gasteiger partial charge in [0.05, 0.1) is 11.4 Å². The third kappa shape index (κ3) is 10.2. The summed E-state index contributed by atoms with van der Waals surface area (Å²) in [5, 5.41) is 5.02. The van der Waals surface area contributed by atoms with Crippen LogP contribution in [0.3, 0.4) is 0 Å². The smallest absolute Gasteiger partial charge is 0.414 e. The number of nitrogens with zero attached hydrogens (tertiary/aromatic N) is 2. The Hall–Kier alpha value is -3.40. The minimum Gasteiger partial charge on any atom is -0.542 e. The van der Waals surface area contributed by atoms with Crippen LogP contribution in [0.2, 0.25) is 13.1 Å². The first-order chi connectivity index (χ1) is 17.3. The Morgan fingerprint density at radius 3 is 1.89 bits per heavy atom. The minimum atomic E-state index is -0.993. The maximum absolute atomic E-state index is 12.5. The quantitative estimate of drug-likeness (QED) is 0.253. The first-order valence-electron chi connectivity index (χ1n) is 12.5. The molecule has 0 saturated heterocycles. The van der Waals surface area contributed by atoms with Crippen molar-refractivity contribution in [2.24, 2.45) is 4.99 Å². The summed E-state index contributed by atoms with van der Waals surface area (Å²) in [6, 6.07) is 9.26. The monoisotopic (exact) mass is 541 g/mol. The summed E-state index contributed by atoms with van der Waals surface area (Å²) < 4.78 is 16.9. The van der Waals surface area contributed by atoms with Gasteiger partial charge in [0.15, 0.2) is 0 Å². The van der Waals surface area contributed by atoms with Crippen LogP contribution in [0.1, 0.15) is 67.9 Å². The summed E-state index contributed by atoms with van der Waals surface area (Å²) >= 11 is 0. The molecule has 2 aromatic rings. The number of hydrogen-bond donors (Lipinski definition) is 2. The van der Waals surface area contributed by atoms with Gasteiger partial charge >= 0.3 is 12.2 Å². The lowest BCUT2D eigenvalue weighted by Crippen LogP contribution is -2.47. The van der Waals surface area contributed by atoms with Gasteiger partial charge in [0.25, 0.3) is 9.04 Å². The number of carbonyl (C=O) groups excluding carboxylic acids is 2. The van der Waals surface area contributed by atoms with Crippen molar-refractivity contribution in [3.63, 3.8) is 0 Å². The number of ether oxygens (including phenoxy) is 2. The molecule has 2 amide bonds. The summed E-state index contributed by atoms with van der Waals surface area (Å²) in [6.07, 6.45) is 0.212. The summed E-state index contributed by atoms with van der Waals surface area (Å²) in [5.41, 5.74) is 1.35.